The molecule has 1 aromatic heterocycles. The number of amides is 2. The van der Waals surface area contributed by atoms with E-state index < -0.39 is 0 Å². The molecule has 0 atom stereocenters. The molecule has 0 aliphatic carbocycles. The number of nitrogens with one attached hydrogen (secondary N) is 2. The van der Waals surface area contributed by atoms with Gasteiger partial charge in [-0.2, -0.15) is 0 Å². The van der Waals surface area contributed by atoms with Gasteiger partial charge >= 0.3 is 0 Å². The highest BCUT2D eigenvalue weighted by atomic mass is 19.1. The molecular formula is C29H29FN2O4. The van der Waals surface area contributed by atoms with Gasteiger partial charge in [0.05, 0.1) is 12.2 Å². The summed E-state index contributed by atoms with van der Waals surface area (Å²) < 4.78 is 25.3. The minimum atomic E-state index is -0.374. The minimum Gasteiger partial charge on any atom is -0.494 e. The Morgan fingerprint density at radius 1 is 0.944 bits per heavy atom. The Hall–Kier alpha value is -4.13. The molecule has 0 spiro atoms. The van der Waals surface area contributed by atoms with Gasteiger partial charge in [-0.3, -0.25) is 9.59 Å². The Balaban J connectivity index is 1.84. The Bertz CT molecular complexity index is 1410. The van der Waals surface area contributed by atoms with Crippen molar-refractivity contribution in [3.05, 3.63) is 77.6 Å². The maximum absolute atomic E-state index is 13.5. The fraction of sp³-hybridized carbons (Fsp3) is 0.241. The lowest BCUT2D eigenvalue weighted by molar-refractivity contribution is 0.0945. The SMILES string of the molecule is CCOc1cc(C(=O)NCC(C)C)cc(-c2ccc3oc(-c4ccc(F)cc4)c(C(=O)NC)c3c2)c1. The average molecular weight is 489 g/mol. The smallest absolute Gasteiger partial charge is 0.255 e. The van der Waals surface area contributed by atoms with Crippen LogP contribution in [0.2, 0.25) is 0 Å². The van der Waals surface area contributed by atoms with Crippen molar-refractivity contribution in [3.63, 3.8) is 0 Å². The Morgan fingerprint density at radius 3 is 2.33 bits per heavy atom. The van der Waals surface area contributed by atoms with Gasteiger partial charge in [-0.1, -0.05) is 19.9 Å². The number of halogens is 1. The molecule has 0 unspecified atom stereocenters. The van der Waals surface area contributed by atoms with E-state index in [0.717, 1.165) is 11.1 Å². The highest BCUT2D eigenvalue weighted by Gasteiger charge is 2.22. The fourth-order valence-corrected chi connectivity index (χ4v) is 3.98. The predicted molar refractivity (Wildman–Crippen MR) is 139 cm³/mol. The molecule has 0 aliphatic rings. The molecule has 0 fully saturated rings. The third-order valence-electron chi connectivity index (χ3n) is 5.73. The van der Waals surface area contributed by atoms with Crippen LogP contribution in [-0.2, 0) is 0 Å². The molecule has 0 bridgehead atoms. The summed E-state index contributed by atoms with van der Waals surface area (Å²) in [7, 11) is 1.55. The molecule has 3 aromatic carbocycles. The monoisotopic (exact) mass is 488 g/mol. The van der Waals surface area contributed by atoms with Gasteiger partial charge in [0.1, 0.15) is 22.9 Å². The zero-order valence-electron chi connectivity index (χ0n) is 20.8. The zero-order chi connectivity index (χ0) is 25.8. The lowest BCUT2D eigenvalue weighted by Gasteiger charge is -2.12. The van der Waals surface area contributed by atoms with Crippen LogP contribution in [0.25, 0.3) is 33.4 Å². The summed E-state index contributed by atoms with van der Waals surface area (Å²) in [4.78, 5) is 25.7. The van der Waals surface area contributed by atoms with Crippen molar-refractivity contribution in [2.45, 2.75) is 20.8 Å². The summed E-state index contributed by atoms with van der Waals surface area (Å²) in [5, 5.41) is 6.22. The van der Waals surface area contributed by atoms with Crippen molar-refractivity contribution >= 4 is 22.8 Å². The third kappa shape index (κ3) is 5.25. The highest BCUT2D eigenvalue weighted by molar-refractivity contribution is 6.12. The normalized spacial score (nSPS) is 11.1. The maximum atomic E-state index is 13.5. The van der Waals surface area contributed by atoms with E-state index in [1.165, 1.54) is 12.1 Å². The number of rotatable bonds is 8. The third-order valence-corrected chi connectivity index (χ3v) is 5.73. The summed E-state index contributed by atoms with van der Waals surface area (Å²) in [5.74, 6) is 0.392. The quantitative estimate of drug-likeness (QED) is 0.316. The number of fused-ring (bicyclic) bond motifs is 1. The Kier molecular flexibility index (Phi) is 7.38. The van der Waals surface area contributed by atoms with Gasteiger partial charge in [0.2, 0.25) is 0 Å². The van der Waals surface area contributed by atoms with Crippen molar-refractivity contribution in [2.75, 3.05) is 20.2 Å². The van der Waals surface area contributed by atoms with E-state index in [9.17, 15) is 14.0 Å². The largest absolute Gasteiger partial charge is 0.494 e. The molecule has 36 heavy (non-hydrogen) atoms. The lowest BCUT2D eigenvalue weighted by Crippen LogP contribution is -2.27. The second kappa shape index (κ2) is 10.6. The average Bonchev–Trinajstić information content (AvgIpc) is 3.26. The first-order chi connectivity index (χ1) is 17.3. The van der Waals surface area contributed by atoms with Gasteiger partial charge < -0.3 is 19.8 Å². The maximum Gasteiger partial charge on any atom is 0.255 e. The summed E-state index contributed by atoms with van der Waals surface area (Å²) in [6.07, 6.45) is 0. The second-order valence-electron chi connectivity index (χ2n) is 8.89. The van der Waals surface area contributed by atoms with Crippen LogP contribution in [0.5, 0.6) is 5.75 Å². The molecule has 186 valence electrons. The lowest BCUT2D eigenvalue weighted by atomic mass is 9.98. The molecule has 0 radical (unpaired) electrons. The molecule has 2 N–H and O–H groups in total. The van der Waals surface area contributed by atoms with Crippen LogP contribution in [0.3, 0.4) is 0 Å². The molecule has 2 amide bonds. The van der Waals surface area contributed by atoms with E-state index in [4.69, 9.17) is 9.15 Å². The number of ether oxygens (including phenoxy) is 1. The van der Waals surface area contributed by atoms with Crippen LogP contribution >= 0.6 is 0 Å². The molecule has 0 aliphatic heterocycles. The van der Waals surface area contributed by atoms with Crippen molar-refractivity contribution in [1.29, 1.82) is 0 Å². The molecule has 4 rings (SSSR count). The van der Waals surface area contributed by atoms with Crippen LogP contribution in [0.4, 0.5) is 4.39 Å². The van der Waals surface area contributed by atoms with E-state index >= 15 is 0 Å². The van der Waals surface area contributed by atoms with Gasteiger partial charge in [-0.15, -0.1) is 0 Å². The first-order valence-electron chi connectivity index (χ1n) is 11.9. The van der Waals surface area contributed by atoms with Crippen molar-refractivity contribution in [3.8, 4) is 28.2 Å². The number of furan rings is 1. The minimum absolute atomic E-state index is 0.180. The van der Waals surface area contributed by atoms with Crippen LogP contribution in [0.15, 0.2) is 65.1 Å². The van der Waals surface area contributed by atoms with E-state index in [1.54, 1.807) is 37.4 Å². The van der Waals surface area contributed by atoms with Crippen molar-refractivity contribution in [1.82, 2.24) is 10.6 Å². The fourth-order valence-electron chi connectivity index (χ4n) is 3.98. The number of carbonyl (C=O) groups excluding carboxylic acids is 2. The van der Waals surface area contributed by atoms with E-state index in [-0.39, 0.29) is 17.6 Å². The van der Waals surface area contributed by atoms with Gasteiger partial charge in [0.15, 0.2) is 0 Å². The summed E-state index contributed by atoms with van der Waals surface area (Å²) in [6, 6.07) is 16.7. The van der Waals surface area contributed by atoms with Gasteiger partial charge in [0.25, 0.3) is 11.8 Å². The molecule has 1 heterocycles. The summed E-state index contributed by atoms with van der Waals surface area (Å²) in [6.45, 7) is 6.98. The van der Waals surface area contributed by atoms with Crippen LogP contribution in [0, 0.1) is 11.7 Å². The first kappa shape index (κ1) is 25.0. The molecule has 0 saturated carbocycles. The van der Waals surface area contributed by atoms with Gasteiger partial charge in [-0.05, 0) is 78.6 Å². The number of hydrogen-bond acceptors (Lipinski definition) is 4. The van der Waals surface area contributed by atoms with Gasteiger partial charge in [-0.25, -0.2) is 4.39 Å². The van der Waals surface area contributed by atoms with Crippen molar-refractivity contribution < 1.29 is 23.1 Å². The van der Waals surface area contributed by atoms with Crippen LogP contribution in [0.1, 0.15) is 41.5 Å². The molecular weight excluding hydrogens is 459 g/mol. The van der Waals surface area contributed by atoms with E-state index in [1.807, 2.05) is 39.0 Å². The highest BCUT2D eigenvalue weighted by Crippen LogP contribution is 2.37. The Morgan fingerprint density at radius 2 is 1.67 bits per heavy atom. The van der Waals surface area contributed by atoms with Crippen LogP contribution < -0.4 is 15.4 Å². The summed E-state index contributed by atoms with van der Waals surface area (Å²) >= 11 is 0. The first-order valence-corrected chi connectivity index (χ1v) is 11.9. The molecule has 0 saturated heterocycles. The molecule has 7 heteroatoms. The zero-order valence-corrected chi connectivity index (χ0v) is 20.8. The standard InChI is InChI=1S/C29H29FN2O4/c1-5-35-23-13-20(12-21(14-23)28(33)32-16-17(2)3)19-8-11-25-24(15-19)26(29(34)31-4)27(36-25)18-6-9-22(30)10-7-18/h6-15,17H,5,16H2,1-4H3,(H,31,34)(H,32,33). The molecule has 6 nitrogen and oxygen atoms in total. The number of benzene rings is 3. The Labute approximate surface area is 209 Å². The number of hydrogen-bond donors (Lipinski definition) is 2. The second-order valence-corrected chi connectivity index (χ2v) is 8.89. The van der Waals surface area contributed by atoms with E-state index in [2.05, 4.69) is 10.6 Å². The van der Waals surface area contributed by atoms with E-state index in [0.29, 0.717) is 58.2 Å². The van der Waals surface area contributed by atoms with Crippen molar-refractivity contribution in [2.24, 2.45) is 5.92 Å². The molecule has 4 aromatic rings. The predicted octanol–water partition coefficient (Wildman–Crippen LogP) is 6.05. The van der Waals surface area contributed by atoms with Crippen LogP contribution in [-0.4, -0.2) is 32.0 Å². The number of carbonyl (C=O) groups is 2. The summed E-state index contributed by atoms with van der Waals surface area (Å²) in [5.41, 5.74) is 3.52. The topological polar surface area (TPSA) is 80.6 Å². The van der Waals surface area contributed by atoms with Gasteiger partial charge in [0, 0.05) is 30.1 Å².